The first-order valence-corrected chi connectivity index (χ1v) is 11.3. The molecule has 1 aromatic carbocycles. The number of aryl methyl sites for hydroxylation is 2. The Morgan fingerprint density at radius 1 is 1.33 bits per heavy atom. The summed E-state index contributed by atoms with van der Waals surface area (Å²) in [6, 6.07) is 10.3. The van der Waals surface area contributed by atoms with Crippen LogP contribution in [0.1, 0.15) is 35.8 Å². The number of fused-ring (bicyclic) bond motifs is 1. The van der Waals surface area contributed by atoms with Crippen molar-refractivity contribution >= 4 is 33.3 Å². The number of thioether (sulfide) groups is 1. The van der Waals surface area contributed by atoms with Gasteiger partial charge in [0.15, 0.2) is 5.16 Å². The van der Waals surface area contributed by atoms with Crippen molar-refractivity contribution in [1.29, 1.82) is 0 Å². The molecule has 1 fully saturated rings. The molecule has 27 heavy (non-hydrogen) atoms. The molecular weight excluding hydrogens is 376 g/mol. The number of benzene rings is 1. The molecule has 3 aromatic rings. The van der Waals surface area contributed by atoms with Crippen molar-refractivity contribution in [3.63, 3.8) is 0 Å². The fraction of sp³-hybridized carbons (Fsp3) is 0.429. The van der Waals surface area contributed by atoms with E-state index in [-0.39, 0.29) is 11.7 Å². The SMILES string of the molecule is CCc1c(C)sc2nc(SCc3ccccc3)n(CC3CCCO3)c(=O)c12. The molecule has 1 aliphatic rings. The monoisotopic (exact) mass is 400 g/mol. The summed E-state index contributed by atoms with van der Waals surface area (Å²) in [7, 11) is 0. The van der Waals surface area contributed by atoms with E-state index in [1.165, 1.54) is 10.4 Å². The fourth-order valence-corrected chi connectivity index (χ4v) is 5.76. The van der Waals surface area contributed by atoms with Gasteiger partial charge in [-0.3, -0.25) is 9.36 Å². The summed E-state index contributed by atoms with van der Waals surface area (Å²) in [6.07, 6.45) is 3.05. The molecule has 3 heterocycles. The fourth-order valence-electron chi connectivity index (χ4n) is 3.64. The summed E-state index contributed by atoms with van der Waals surface area (Å²) in [6.45, 7) is 5.58. The standard InChI is InChI=1S/C21H24N2O2S2/c1-3-17-14(2)27-19-18(17)20(24)23(12-16-10-7-11-25-16)21(22-19)26-13-15-8-5-4-6-9-15/h4-6,8-9,16H,3,7,10-13H2,1-2H3. The molecule has 4 rings (SSSR count). The molecule has 1 unspecified atom stereocenters. The van der Waals surface area contributed by atoms with E-state index in [0.717, 1.165) is 52.6 Å². The Morgan fingerprint density at radius 2 is 2.15 bits per heavy atom. The quantitative estimate of drug-likeness (QED) is 0.440. The number of aromatic nitrogens is 2. The van der Waals surface area contributed by atoms with Crippen molar-refractivity contribution in [1.82, 2.24) is 9.55 Å². The lowest BCUT2D eigenvalue weighted by molar-refractivity contribution is 0.0937. The van der Waals surface area contributed by atoms with Gasteiger partial charge in [0.05, 0.1) is 18.0 Å². The second-order valence-corrected chi connectivity index (χ2v) is 9.04. The van der Waals surface area contributed by atoms with Crippen LogP contribution in [-0.2, 0) is 23.5 Å². The summed E-state index contributed by atoms with van der Waals surface area (Å²) in [5.41, 5.74) is 2.47. The maximum absolute atomic E-state index is 13.4. The van der Waals surface area contributed by atoms with Gasteiger partial charge in [-0.1, -0.05) is 49.0 Å². The minimum atomic E-state index is 0.0901. The van der Waals surface area contributed by atoms with E-state index < -0.39 is 0 Å². The van der Waals surface area contributed by atoms with Gasteiger partial charge < -0.3 is 4.74 Å². The lowest BCUT2D eigenvalue weighted by Gasteiger charge is -2.16. The molecule has 4 nitrogen and oxygen atoms in total. The second-order valence-electron chi connectivity index (χ2n) is 6.89. The van der Waals surface area contributed by atoms with Crippen LogP contribution in [0.4, 0.5) is 0 Å². The minimum Gasteiger partial charge on any atom is -0.376 e. The second kappa shape index (κ2) is 8.17. The van der Waals surface area contributed by atoms with Gasteiger partial charge in [-0.25, -0.2) is 4.98 Å². The van der Waals surface area contributed by atoms with Crippen LogP contribution in [0.25, 0.3) is 10.2 Å². The molecular formula is C21H24N2O2S2. The van der Waals surface area contributed by atoms with Gasteiger partial charge in [0.1, 0.15) is 4.83 Å². The average Bonchev–Trinajstić information content (AvgIpc) is 3.30. The topological polar surface area (TPSA) is 44.1 Å². The van der Waals surface area contributed by atoms with E-state index in [9.17, 15) is 4.79 Å². The third kappa shape index (κ3) is 3.84. The smallest absolute Gasteiger partial charge is 0.263 e. The highest BCUT2D eigenvalue weighted by Gasteiger charge is 2.22. The van der Waals surface area contributed by atoms with Crippen molar-refractivity contribution in [2.45, 2.75) is 56.7 Å². The van der Waals surface area contributed by atoms with Crippen molar-refractivity contribution in [3.8, 4) is 0 Å². The Hall–Kier alpha value is -1.63. The van der Waals surface area contributed by atoms with Crippen molar-refractivity contribution in [2.24, 2.45) is 0 Å². The van der Waals surface area contributed by atoms with Crippen molar-refractivity contribution in [2.75, 3.05) is 6.61 Å². The molecule has 2 aromatic heterocycles. The lowest BCUT2D eigenvalue weighted by Crippen LogP contribution is -2.28. The van der Waals surface area contributed by atoms with Crippen LogP contribution in [0.15, 0.2) is 40.3 Å². The highest BCUT2D eigenvalue weighted by molar-refractivity contribution is 7.98. The Kier molecular flexibility index (Phi) is 5.66. The summed E-state index contributed by atoms with van der Waals surface area (Å²) >= 11 is 3.27. The molecule has 142 valence electrons. The molecule has 0 saturated carbocycles. The van der Waals surface area contributed by atoms with E-state index in [4.69, 9.17) is 9.72 Å². The number of thiophene rings is 1. The first kappa shape index (κ1) is 18.7. The first-order valence-electron chi connectivity index (χ1n) is 9.48. The predicted octanol–water partition coefficient (Wildman–Crippen LogP) is 4.80. The van der Waals surface area contributed by atoms with Crippen molar-refractivity contribution in [3.05, 3.63) is 56.7 Å². The van der Waals surface area contributed by atoms with Crippen LogP contribution in [0.5, 0.6) is 0 Å². The summed E-state index contributed by atoms with van der Waals surface area (Å²) in [5.74, 6) is 0.801. The van der Waals surface area contributed by atoms with Gasteiger partial charge in [0.25, 0.3) is 5.56 Å². The van der Waals surface area contributed by atoms with E-state index in [1.807, 2.05) is 22.8 Å². The third-order valence-corrected chi connectivity index (χ3v) is 7.14. The van der Waals surface area contributed by atoms with Crippen LogP contribution in [0.2, 0.25) is 0 Å². The van der Waals surface area contributed by atoms with Crippen LogP contribution < -0.4 is 5.56 Å². The van der Waals surface area contributed by atoms with Crippen LogP contribution in [-0.4, -0.2) is 22.3 Å². The molecule has 1 saturated heterocycles. The average molecular weight is 401 g/mol. The molecule has 1 atom stereocenters. The van der Waals surface area contributed by atoms with E-state index in [1.54, 1.807) is 23.1 Å². The Balaban J connectivity index is 1.76. The zero-order valence-corrected chi connectivity index (χ0v) is 17.4. The van der Waals surface area contributed by atoms with Crippen LogP contribution in [0.3, 0.4) is 0 Å². The third-order valence-electron chi connectivity index (χ3n) is 5.05. The van der Waals surface area contributed by atoms with Gasteiger partial charge in [-0.05, 0) is 37.3 Å². The van der Waals surface area contributed by atoms with E-state index in [0.29, 0.717) is 6.54 Å². The molecule has 0 spiro atoms. The maximum Gasteiger partial charge on any atom is 0.263 e. The lowest BCUT2D eigenvalue weighted by atomic mass is 10.1. The molecule has 6 heteroatoms. The largest absolute Gasteiger partial charge is 0.376 e. The van der Waals surface area contributed by atoms with Gasteiger partial charge in [-0.15, -0.1) is 11.3 Å². The Labute approximate surface area is 167 Å². The first-order chi connectivity index (χ1) is 13.2. The number of hydrogen-bond donors (Lipinski definition) is 0. The van der Waals surface area contributed by atoms with Gasteiger partial charge in [0, 0.05) is 17.2 Å². The molecule has 0 bridgehead atoms. The zero-order chi connectivity index (χ0) is 18.8. The van der Waals surface area contributed by atoms with E-state index in [2.05, 4.69) is 26.0 Å². The summed E-state index contributed by atoms with van der Waals surface area (Å²) in [5, 5.41) is 1.61. The van der Waals surface area contributed by atoms with Crippen molar-refractivity contribution < 1.29 is 4.74 Å². The normalized spacial score (nSPS) is 17.0. The number of nitrogens with zero attached hydrogens (tertiary/aromatic N) is 2. The van der Waals surface area contributed by atoms with Crippen LogP contribution in [0, 0.1) is 6.92 Å². The number of ether oxygens (including phenoxy) is 1. The molecule has 0 amide bonds. The van der Waals surface area contributed by atoms with Gasteiger partial charge in [-0.2, -0.15) is 0 Å². The Morgan fingerprint density at radius 3 is 2.85 bits per heavy atom. The highest BCUT2D eigenvalue weighted by atomic mass is 32.2. The molecule has 0 aliphatic carbocycles. The number of hydrogen-bond acceptors (Lipinski definition) is 5. The number of rotatable bonds is 6. The highest BCUT2D eigenvalue weighted by Crippen LogP contribution is 2.31. The van der Waals surface area contributed by atoms with E-state index >= 15 is 0 Å². The van der Waals surface area contributed by atoms with Crippen LogP contribution >= 0.6 is 23.1 Å². The van der Waals surface area contributed by atoms with Gasteiger partial charge in [0.2, 0.25) is 0 Å². The maximum atomic E-state index is 13.4. The summed E-state index contributed by atoms with van der Waals surface area (Å²) < 4.78 is 7.67. The molecule has 0 N–H and O–H groups in total. The van der Waals surface area contributed by atoms with Gasteiger partial charge >= 0.3 is 0 Å². The Bertz CT molecular complexity index is 989. The zero-order valence-electron chi connectivity index (χ0n) is 15.7. The molecule has 1 aliphatic heterocycles. The predicted molar refractivity (Wildman–Crippen MR) is 113 cm³/mol. The minimum absolute atomic E-state index is 0.0901. The molecule has 0 radical (unpaired) electrons. The summed E-state index contributed by atoms with van der Waals surface area (Å²) in [4.78, 5) is 20.4.